The van der Waals surface area contributed by atoms with Gasteiger partial charge in [0.05, 0.1) is 5.60 Å². The molecule has 0 aromatic heterocycles. The fraction of sp³-hybridized carbons (Fsp3) is 0.667. The lowest BCUT2D eigenvalue weighted by atomic mass is 9.70. The molecule has 2 aliphatic carbocycles. The van der Waals surface area contributed by atoms with Crippen molar-refractivity contribution in [1.82, 2.24) is 0 Å². The molecule has 72 valence electrons. The van der Waals surface area contributed by atoms with Gasteiger partial charge in [-0.3, -0.25) is 0 Å². The van der Waals surface area contributed by atoms with E-state index in [4.69, 9.17) is 0 Å². The summed E-state index contributed by atoms with van der Waals surface area (Å²) in [6.07, 6.45) is 11.7. The minimum Gasteiger partial charge on any atom is -0.389 e. The van der Waals surface area contributed by atoms with Gasteiger partial charge < -0.3 is 5.11 Å². The molecule has 2 aliphatic rings. The highest BCUT2D eigenvalue weighted by molar-refractivity contribution is 5.07. The summed E-state index contributed by atoms with van der Waals surface area (Å²) in [5.41, 5.74) is -0.450. The van der Waals surface area contributed by atoms with E-state index in [1.807, 2.05) is 6.08 Å². The van der Waals surface area contributed by atoms with Crippen molar-refractivity contribution in [1.29, 1.82) is 0 Å². The molecule has 3 atom stereocenters. The van der Waals surface area contributed by atoms with Gasteiger partial charge in [0, 0.05) is 5.92 Å². The average Bonchev–Trinajstić information content (AvgIpc) is 2.26. The van der Waals surface area contributed by atoms with Crippen molar-refractivity contribution in [3.05, 3.63) is 24.8 Å². The van der Waals surface area contributed by atoms with Crippen LogP contribution >= 0.6 is 0 Å². The van der Waals surface area contributed by atoms with Crippen LogP contribution in [-0.2, 0) is 0 Å². The fourth-order valence-corrected chi connectivity index (χ4v) is 2.78. The van der Waals surface area contributed by atoms with Crippen LogP contribution in [0.25, 0.3) is 0 Å². The molecule has 1 fully saturated rings. The maximum absolute atomic E-state index is 10.4. The van der Waals surface area contributed by atoms with E-state index in [0.29, 0.717) is 11.8 Å². The van der Waals surface area contributed by atoms with E-state index < -0.39 is 5.60 Å². The molecule has 0 aromatic rings. The third-order valence-electron chi connectivity index (χ3n) is 3.59. The molecule has 1 saturated carbocycles. The van der Waals surface area contributed by atoms with E-state index in [1.54, 1.807) is 0 Å². The zero-order valence-corrected chi connectivity index (χ0v) is 8.08. The van der Waals surface area contributed by atoms with Gasteiger partial charge in [0.15, 0.2) is 0 Å². The van der Waals surface area contributed by atoms with Crippen LogP contribution in [0, 0.1) is 11.8 Å². The third kappa shape index (κ3) is 1.58. The molecule has 0 spiro atoms. The molecule has 0 unspecified atom stereocenters. The Labute approximate surface area is 80.2 Å². The highest BCUT2D eigenvalue weighted by atomic mass is 16.3. The largest absolute Gasteiger partial charge is 0.389 e. The first-order valence-electron chi connectivity index (χ1n) is 5.26. The normalized spacial score (nSPS) is 44.1. The van der Waals surface area contributed by atoms with Gasteiger partial charge in [0.25, 0.3) is 0 Å². The zero-order valence-electron chi connectivity index (χ0n) is 8.08. The van der Waals surface area contributed by atoms with E-state index in [-0.39, 0.29) is 0 Å². The van der Waals surface area contributed by atoms with Crippen LogP contribution in [0.3, 0.4) is 0 Å². The molecule has 2 rings (SSSR count). The Kier molecular flexibility index (Phi) is 2.29. The summed E-state index contributed by atoms with van der Waals surface area (Å²) in [5.74, 6) is 0.937. The summed E-state index contributed by atoms with van der Waals surface area (Å²) >= 11 is 0. The van der Waals surface area contributed by atoms with Gasteiger partial charge in [-0.1, -0.05) is 18.2 Å². The van der Waals surface area contributed by atoms with Gasteiger partial charge in [-0.25, -0.2) is 0 Å². The van der Waals surface area contributed by atoms with E-state index in [2.05, 4.69) is 18.7 Å². The van der Waals surface area contributed by atoms with Crippen LogP contribution in [-0.4, -0.2) is 10.7 Å². The van der Waals surface area contributed by atoms with Crippen molar-refractivity contribution in [2.24, 2.45) is 11.8 Å². The number of aliphatic hydroxyl groups is 1. The summed E-state index contributed by atoms with van der Waals surface area (Å²) in [5, 5.41) is 10.4. The first-order chi connectivity index (χ1) is 6.24. The second-order valence-corrected chi connectivity index (χ2v) is 4.45. The summed E-state index contributed by atoms with van der Waals surface area (Å²) in [6.45, 7) is 3.83. The number of rotatable bonds is 1. The predicted octanol–water partition coefficient (Wildman–Crippen LogP) is 2.67. The molecule has 2 bridgehead atoms. The molecule has 0 aromatic carbocycles. The molecule has 1 N–H and O–H groups in total. The second-order valence-electron chi connectivity index (χ2n) is 4.45. The van der Waals surface area contributed by atoms with Crippen LogP contribution in [0.5, 0.6) is 0 Å². The average molecular weight is 178 g/mol. The highest BCUT2D eigenvalue weighted by Crippen LogP contribution is 2.42. The van der Waals surface area contributed by atoms with Gasteiger partial charge in [0.1, 0.15) is 0 Å². The first kappa shape index (κ1) is 9.01. The van der Waals surface area contributed by atoms with E-state index >= 15 is 0 Å². The third-order valence-corrected chi connectivity index (χ3v) is 3.59. The summed E-state index contributed by atoms with van der Waals surface area (Å²) in [7, 11) is 0. The lowest BCUT2D eigenvalue weighted by molar-refractivity contribution is -0.0448. The number of hydrogen-bond acceptors (Lipinski definition) is 1. The molecule has 0 amide bonds. The summed E-state index contributed by atoms with van der Waals surface area (Å²) < 4.78 is 0. The minimum atomic E-state index is -0.450. The quantitative estimate of drug-likeness (QED) is 0.612. The van der Waals surface area contributed by atoms with Gasteiger partial charge in [-0.05, 0) is 38.0 Å². The van der Waals surface area contributed by atoms with Crippen LogP contribution in [0.4, 0.5) is 0 Å². The van der Waals surface area contributed by atoms with Crippen molar-refractivity contribution in [2.45, 2.75) is 37.7 Å². The standard InChI is InChI=1S/C12H18O/c1-2-11-7-6-10-5-3-4-8-12(11,13)9-10/h2-3,5,10-11,13H,1,4,6-9H2/t10-,11+,12+/m1/s1. The zero-order chi connectivity index (χ0) is 9.31. The Hall–Kier alpha value is -0.560. The van der Waals surface area contributed by atoms with Crippen molar-refractivity contribution in [3.63, 3.8) is 0 Å². The Morgan fingerprint density at radius 3 is 3.08 bits per heavy atom. The minimum absolute atomic E-state index is 0.323. The van der Waals surface area contributed by atoms with Gasteiger partial charge in [-0.15, -0.1) is 6.58 Å². The Balaban J connectivity index is 2.20. The molecule has 0 saturated heterocycles. The lowest BCUT2D eigenvalue weighted by Gasteiger charge is -2.40. The molecular formula is C12H18O. The highest BCUT2D eigenvalue weighted by Gasteiger charge is 2.40. The van der Waals surface area contributed by atoms with Gasteiger partial charge >= 0.3 is 0 Å². The molecule has 0 heterocycles. The van der Waals surface area contributed by atoms with Crippen LogP contribution in [0.15, 0.2) is 24.8 Å². The topological polar surface area (TPSA) is 20.2 Å². The van der Waals surface area contributed by atoms with Crippen molar-refractivity contribution < 1.29 is 5.11 Å². The second kappa shape index (κ2) is 3.30. The Bertz CT molecular complexity index is 231. The molecular weight excluding hydrogens is 160 g/mol. The maximum atomic E-state index is 10.4. The number of fused-ring (bicyclic) bond motifs is 2. The lowest BCUT2D eigenvalue weighted by Crippen LogP contribution is -2.41. The van der Waals surface area contributed by atoms with E-state index in [1.165, 1.54) is 6.42 Å². The predicted molar refractivity (Wildman–Crippen MR) is 54.4 cm³/mol. The maximum Gasteiger partial charge on any atom is 0.0718 e. The molecule has 0 aliphatic heterocycles. The van der Waals surface area contributed by atoms with Crippen LogP contribution in [0.1, 0.15) is 32.1 Å². The van der Waals surface area contributed by atoms with E-state index in [9.17, 15) is 5.11 Å². The van der Waals surface area contributed by atoms with Crippen molar-refractivity contribution in [3.8, 4) is 0 Å². The monoisotopic (exact) mass is 178 g/mol. The smallest absolute Gasteiger partial charge is 0.0718 e. The SMILES string of the molecule is C=C[C@H]1CC[C@H]2C=CCC[C@]1(O)C2. The summed E-state index contributed by atoms with van der Waals surface area (Å²) in [4.78, 5) is 0. The van der Waals surface area contributed by atoms with Gasteiger partial charge in [-0.2, -0.15) is 0 Å². The Morgan fingerprint density at radius 1 is 1.46 bits per heavy atom. The number of hydrogen-bond donors (Lipinski definition) is 1. The molecule has 0 radical (unpaired) electrons. The fourth-order valence-electron chi connectivity index (χ4n) is 2.78. The van der Waals surface area contributed by atoms with Crippen LogP contribution < -0.4 is 0 Å². The van der Waals surface area contributed by atoms with E-state index in [0.717, 1.165) is 25.7 Å². The summed E-state index contributed by atoms with van der Waals surface area (Å²) in [6, 6.07) is 0. The molecule has 1 nitrogen and oxygen atoms in total. The Morgan fingerprint density at radius 2 is 2.31 bits per heavy atom. The van der Waals surface area contributed by atoms with Crippen LogP contribution in [0.2, 0.25) is 0 Å². The molecule has 1 heteroatoms. The number of allylic oxidation sites excluding steroid dienone is 2. The van der Waals surface area contributed by atoms with Crippen molar-refractivity contribution in [2.75, 3.05) is 0 Å². The molecule has 13 heavy (non-hydrogen) atoms. The van der Waals surface area contributed by atoms with Gasteiger partial charge in [0.2, 0.25) is 0 Å². The van der Waals surface area contributed by atoms with Crippen molar-refractivity contribution >= 4 is 0 Å². The first-order valence-corrected chi connectivity index (χ1v) is 5.26.